The summed E-state index contributed by atoms with van der Waals surface area (Å²) in [6, 6.07) is 9.17. The molecule has 33 heavy (non-hydrogen) atoms. The fraction of sp³-hybridized carbons (Fsp3) is 0.261. The van der Waals surface area contributed by atoms with E-state index in [1.807, 2.05) is 31.4 Å². The molecule has 0 spiro atoms. The second-order valence-corrected chi connectivity index (χ2v) is 9.93. The number of hydrogen-bond acceptors (Lipinski definition) is 8. The van der Waals surface area contributed by atoms with Gasteiger partial charge >= 0.3 is 5.97 Å². The molecule has 8 nitrogen and oxygen atoms in total. The monoisotopic (exact) mass is 483 g/mol. The number of ether oxygens (including phenoxy) is 1. The molecule has 2 aromatic heterocycles. The van der Waals surface area contributed by atoms with Crippen molar-refractivity contribution in [2.45, 2.75) is 26.8 Å². The number of esters is 1. The molecule has 0 aliphatic carbocycles. The first-order chi connectivity index (χ1) is 15.8. The molecule has 1 aliphatic heterocycles. The van der Waals surface area contributed by atoms with Crippen LogP contribution >= 0.6 is 22.7 Å². The summed E-state index contributed by atoms with van der Waals surface area (Å²) >= 11 is 2.63. The maximum atomic E-state index is 13.5. The zero-order chi connectivity index (χ0) is 23.7. The minimum absolute atomic E-state index is 0.0565. The average Bonchev–Trinajstić information content (AvgIpc) is 3.40. The Morgan fingerprint density at radius 1 is 1.33 bits per heavy atom. The topological polar surface area (TPSA) is 104 Å². The first kappa shape index (κ1) is 22.8. The molecule has 170 valence electrons. The van der Waals surface area contributed by atoms with Crippen LogP contribution in [0.25, 0.3) is 6.08 Å². The lowest BCUT2D eigenvalue weighted by Crippen LogP contribution is -2.39. The molecule has 0 amide bonds. The number of nitro groups is 1. The Bertz CT molecular complexity index is 1430. The average molecular weight is 484 g/mol. The molecule has 3 heterocycles. The zero-order valence-electron chi connectivity index (χ0n) is 18.2. The minimum Gasteiger partial charge on any atom is -0.462 e. The first-order valence-electron chi connectivity index (χ1n) is 10.2. The van der Waals surface area contributed by atoms with Gasteiger partial charge in [-0.05, 0) is 35.9 Å². The molecule has 0 saturated heterocycles. The largest absolute Gasteiger partial charge is 0.462 e. The summed E-state index contributed by atoms with van der Waals surface area (Å²) in [6.07, 6.45) is 1.61. The number of nitro benzene ring substituents is 1. The van der Waals surface area contributed by atoms with Crippen LogP contribution in [0.1, 0.15) is 37.3 Å². The lowest BCUT2D eigenvalue weighted by Gasteiger charge is -2.23. The summed E-state index contributed by atoms with van der Waals surface area (Å²) in [6.45, 7) is 5.91. The van der Waals surface area contributed by atoms with Gasteiger partial charge in [0.1, 0.15) is 6.04 Å². The molecule has 0 fully saturated rings. The predicted octanol–water partition coefficient (Wildman–Crippen LogP) is 3.40. The summed E-state index contributed by atoms with van der Waals surface area (Å²) in [4.78, 5) is 42.9. The Morgan fingerprint density at radius 3 is 2.79 bits per heavy atom. The molecule has 4 rings (SSSR count). The number of fused-ring (bicyclic) bond motifs is 1. The van der Waals surface area contributed by atoms with Crippen molar-refractivity contribution in [2.24, 2.45) is 10.9 Å². The summed E-state index contributed by atoms with van der Waals surface area (Å²) in [5, 5.41) is 13.0. The van der Waals surface area contributed by atoms with E-state index < -0.39 is 16.9 Å². The van der Waals surface area contributed by atoms with E-state index in [1.54, 1.807) is 25.1 Å². The number of allylic oxidation sites excluding steroid dienone is 1. The number of carbonyl (C=O) groups excluding carboxylic acids is 1. The SMILES string of the molecule is CC1=C(C(=O)OCC(C)C)C(c2cccs2)n2c(s/c(=C/c3cccc([N+](=O)[O-])c3)c2=O)=N1. The van der Waals surface area contributed by atoms with Crippen LogP contribution in [-0.2, 0) is 9.53 Å². The van der Waals surface area contributed by atoms with Crippen LogP contribution in [0.3, 0.4) is 0 Å². The van der Waals surface area contributed by atoms with Gasteiger partial charge in [0, 0.05) is 17.0 Å². The highest BCUT2D eigenvalue weighted by Crippen LogP contribution is 2.33. The van der Waals surface area contributed by atoms with E-state index in [4.69, 9.17) is 4.74 Å². The van der Waals surface area contributed by atoms with Crippen molar-refractivity contribution in [1.82, 2.24) is 4.57 Å². The number of nitrogens with zero attached hydrogens (tertiary/aromatic N) is 3. The van der Waals surface area contributed by atoms with Crippen molar-refractivity contribution in [3.8, 4) is 0 Å². The Labute approximate surface area is 197 Å². The van der Waals surface area contributed by atoms with Crippen LogP contribution in [0.4, 0.5) is 5.69 Å². The number of thiazole rings is 1. The van der Waals surface area contributed by atoms with Crippen LogP contribution < -0.4 is 14.9 Å². The van der Waals surface area contributed by atoms with Crippen molar-refractivity contribution < 1.29 is 14.5 Å². The number of hydrogen-bond donors (Lipinski definition) is 0. The molecule has 1 atom stereocenters. The van der Waals surface area contributed by atoms with E-state index >= 15 is 0 Å². The van der Waals surface area contributed by atoms with Gasteiger partial charge < -0.3 is 4.74 Å². The maximum absolute atomic E-state index is 13.5. The van der Waals surface area contributed by atoms with Gasteiger partial charge in [0.05, 0.1) is 27.3 Å². The van der Waals surface area contributed by atoms with E-state index in [9.17, 15) is 19.7 Å². The van der Waals surface area contributed by atoms with E-state index in [0.29, 0.717) is 26.2 Å². The standard InChI is InChI=1S/C23H21N3O5S2/c1-13(2)12-31-22(28)19-14(3)24-23-25(20(19)17-8-5-9-32-17)21(27)18(33-23)11-15-6-4-7-16(10-15)26(29)30/h4-11,13,20H,12H2,1-3H3/b18-11+. The number of thiophene rings is 1. The second kappa shape index (κ2) is 9.24. The molecule has 1 aromatic carbocycles. The Morgan fingerprint density at radius 2 is 2.12 bits per heavy atom. The van der Waals surface area contributed by atoms with Crippen LogP contribution in [-0.4, -0.2) is 22.1 Å². The summed E-state index contributed by atoms with van der Waals surface area (Å²) in [7, 11) is 0. The summed E-state index contributed by atoms with van der Waals surface area (Å²) < 4.78 is 7.39. The molecule has 1 unspecified atom stereocenters. The third-order valence-corrected chi connectivity index (χ3v) is 6.89. The molecule has 0 N–H and O–H groups in total. The number of carbonyl (C=O) groups is 1. The number of aromatic nitrogens is 1. The highest BCUT2D eigenvalue weighted by Gasteiger charge is 2.34. The van der Waals surface area contributed by atoms with Crippen molar-refractivity contribution in [3.63, 3.8) is 0 Å². The smallest absolute Gasteiger partial charge is 0.338 e. The van der Waals surface area contributed by atoms with E-state index in [0.717, 1.165) is 4.88 Å². The van der Waals surface area contributed by atoms with Gasteiger partial charge in [-0.2, -0.15) is 0 Å². The third-order valence-electron chi connectivity index (χ3n) is 4.98. The zero-order valence-corrected chi connectivity index (χ0v) is 19.8. The van der Waals surface area contributed by atoms with Gasteiger partial charge in [0.25, 0.3) is 11.2 Å². The quantitative estimate of drug-likeness (QED) is 0.304. The summed E-state index contributed by atoms with van der Waals surface area (Å²) in [5.41, 5.74) is 1.01. The molecular formula is C23H21N3O5S2. The Kier molecular flexibility index (Phi) is 6.39. The molecule has 10 heteroatoms. The minimum atomic E-state index is -0.645. The van der Waals surface area contributed by atoms with Crippen LogP contribution in [0.2, 0.25) is 0 Å². The fourth-order valence-electron chi connectivity index (χ4n) is 3.50. The molecular weight excluding hydrogens is 462 g/mol. The van der Waals surface area contributed by atoms with Crippen LogP contribution in [0.5, 0.6) is 0 Å². The van der Waals surface area contributed by atoms with Crippen molar-refractivity contribution in [2.75, 3.05) is 6.61 Å². The third kappa shape index (κ3) is 4.57. The lowest BCUT2D eigenvalue weighted by molar-refractivity contribution is -0.384. The number of rotatable bonds is 6. The Balaban J connectivity index is 1.86. The van der Waals surface area contributed by atoms with E-state index in [-0.39, 0.29) is 23.8 Å². The fourth-order valence-corrected chi connectivity index (χ4v) is 5.37. The number of benzene rings is 1. The van der Waals surface area contributed by atoms with Crippen LogP contribution in [0, 0.1) is 16.0 Å². The summed E-state index contributed by atoms with van der Waals surface area (Å²) in [5.74, 6) is -0.317. The molecule has 0 saturated carbocycles. The molecule has 3 aromatic rings. The van der Waals surface area contributed by atoms with Crippen molar-refractivity contribution >= 4 is 40.4 Å². The molecule has 1 aliphatic rings. The van der Waals surface area contributed by atoms with Gasteiger partial charge in [-0.15, -0.1) is 11.3 Å². The highest BCUT2D eigenvalue weighted by atomic mass is 32.1. The highest BCUT2D eigenvalue weighted by molar-refractivity contribution is 7.10. The van der Waals surface area contributed by atoms with Crippen molar-refractivity contribution in [1.29, 1.82) is 0 Å². The molecule has 0 radical (unpaired) electrons. The van der Waals surface area contributed by atoms with Gasteiger partial charge in [0.15, 0.2) is 4.80 Å². The predicted molar refractivity (Wildman–Crippen MR) is 127 cm³/mol. The van der Waals surface area contributed by atoms with Gasteiger partial charge in [-0.1, -0.05) is 43.4 Å². The Hall–Kier alpha value is -3.37. The maximum Gasteiger partial charge on any atom is 0.338 e. The van der Waals surface area contributed by atoms with E-state index in [2.05, 4.69) is 4.99 Å². The molecule has 0 bridgehead atoms. The lowest BCUT2D eigenvalue weighted by atomic mass is 10.0. The number of non-ortho nitro benzene ring substituents is 1. The van der Waals surface area contributed by atoms with E-state index in [1.165, 1.54) is 39.4 Å². The first-order valence-corrected chi connectivity index (χ1v) is 11.9. The van der Waals surface area contributed by atoms with Crippen LogP contribution in [0.15, 0.2) is 62.8 Å². The van der Waals surface area contributed by atoms with Gasteiger partial charge in [-0.3, -0.25) is 19.5 Å². The van der Waals surface area contributed by atoms with Gasteiger partial charge in [0.2, 0.25) is 0 Å². The second-order valence-electron chi connectivity index (χ2n) is 7.94. The normalized spacial score (nSPS) is 16.0. The van der Waals surface area contributed by atoms with Crippen molar-refractivity contribution in [3.05, 3.63) is 93.3 Å². The van der Waals surface area contributed by atoms with Gasteiger partial charge in [-0.25, -0.2) is 9.79 Å².